The molecule has 3 aromatic rings. The SMILES string of the molecule is Nc1cccc(-c2cnn(Cc3cccc(F)c3)c2)c1. The van der Waals surface area contributed by atoms with Gasteiger partial charge in [0, 0.05) is 17.4 Å². The van der Waals surface area contributed by atoms with E-state index in [-0.39, 0.29) is 5.82 Å². The Morgan fingerprint density at radius 1 is 1.05 bits per heavy atom. The lowest BCUT2D eigenvalue weighted by Crippen LogP contribution is -1.99. The van der Waals surface area contributed by atoms with Crippen LogP contribution in [0.5, 0.6) is 0 Å². The Bertz CT molecular complexity index is 734. The van der Waals surface area contributed by atoms with Gasteiger partial charge in [-0.1, -0.05) is 24.3 Å². The lowest BCUT2D eigenvalue weighted by Gasteiger charge is -2.02. The fraction of sp³-hybridized carbons (Fsp3) is 0.0625. The van der Waals surface area contributed by atoms with Gasteiger partial charge in [-0.2, -0.15) is 5.10 Å². The van der Waals surface area contributed by atoms with Crippen LogP contribution >= 0.6 is 0 Å². The van der Waals surface area contributed by atoms with Crippen molar-refractivity contribution in [2.45, 2.75) is 6.54 Å². The first kappa shape index (κ1) is 12.4. The fourth-order valence-electron chi connectivity index (χ4n) is 2.14. The molecule has 1 aromatic heterocycles. The van der Waals surface area contributed by atoms with Crippen molar-refractivity contribution in [2.75, 3.05) is 5.73 Å². The largest absolute Gasteiger partial charge is 0.399 e. The first-order valence-electron chi connectivity index (χ1n) is 6.33. The molecule has 0 atom stereocenters. The van der Waals surface area contributed by atoms with Gasteiger partial charge in [-0.25, -0.2) is 4.39 Å². The summed E-state index contributed by atoms with van der Waals surface area (Å²) in [4.78, 5) is 0. The van der Waals surface area contributed by atoms with Gasteiger partial charge in [0.2, 0.25) is 0 Å². The predicted molar refractivity (Wildman–Crippen MR) is 77.6 cm³/mol. The van der Waals surface area contributed by atoms with E-state index in [2.05, 4.69) is 5.10 Å². The van der Waals surface area contributed by atoms with Crippen molar-refractivity contribution < 1.29 is 4.39 Å². The fourth-order valence-corrected chi connectivity index (χ4v) is 2.14. The van der Waals surface area contributed by atoms with Gasteiger partial charge in [0.1, 0.15) is 5.82 Å². The monoisotopic (exact) mass is 267 g/mol. The Balaban J connectivity index is 1.84. The van der Waals surface area contributed by atoms with Crippen LogP contribution in [-0.2, 0) is 6.54 Å². The smallest absolute Gasteiger partial charge is 0.123 e. The van der Waals surface area contributed by atoms with E-state index in [4.69, 9.17) is 5.73 Å². The maximum Gasteiger partial charge on any atom is 0.123 e. The second kappa shape index (κ2) is 5.17. The molecule has 0 saturated heterocycles. The summed E-state index contributed by atoms with van der Waals surface area (Å²) in [6.45, 7) is 0.542. The minimum Gasteiger partial charge on any atom is -0.399 e. The number of rotatable bonds is 3. The number of hydrogen-bond acceptors (Lipinski definition) is 2. The molecule has 0 aliphatic heterocycles. The highest BCUT2D eigenvalue weighted by Crippen LogP contribution is 2.21. The molecule has 2 aromatic carbocycles. The van der Waals surface area contributed by atoms with E-state index in [9.17, 15) is 4.39 Å². The minimum atomic E-state index is -0.231. The third kappa shape index (κ3) is 2.69. The van der Waals surface area contributed by atoms with Gasteiger partial charge in [-0.3, -0.25) is 4.68 Å². The summed E-state index contributed by atoms with van der Waals surface area (Å²) in [6.07, 6.45) is 3.72. The van der Waals surface area contributed by atoms with Crippen LogP contribution in [0.4, 0.5) is 10.1 Å². The molecule has 2 N–H and O–H groups in total. The van der Waals surface area contributed by atoms with Gasteiger partial charge in [0.25, 0.3) is 0 Å². The van der Waals surface area contributed by atoms with E-state index in [1.165, 1.54) is 12.1 Å². The zero-order chi connectivity index (χ0) is 13.9. The number of aromatic nitrogens is 2. The van der Waals surface area contributed by atoms with Crippen molar-refractivity contribution in [1.29, 1.82) is 0 Å². The van der Waals surface area contributed by atoms with Crippen LogP contribution in [0.15, 0.2) is 60.9 Å². The number of hydrogen-bond donors (Lipinski definition) is 1. The van der Waals surface area contributed by atoms with Crippen LogP contribution in [0.3, 0.4) is 0 Å². The lowest BCUT2D eigenvalue weighted by molar-refractivity contribution is 0.619. The first-order valence-corrected chi connectivity index (χ1v) is 6.33. The molecule has 0 aliphatic rings. The Morgan fingerprint density at radius 3 is 2.70 bits per heavy atom. The van der Waals surface area contributed by atoms with Crippen molar-refractivity contribution in [1.82, 2.24) is 9.78 Å². The molecule has 0 unspecified atom stereocenters. The van der Waals surface area contributed by atoms with Crippen LogP contribution in [0, 0.1) is 5.82 Å². The second-order valence-corrected chi connectivity index (χ2v) is 4.68. The summed E-state index contributed by atoms with van der Waals surface area (Å²) >= 11 is 0. The van der Waals surface area contributed by atoms with Crippen molar-refractivity contribution in [2.24, 2.45) is 0 Å². The summed E-state index contributed by atoms with van der Waals surface area (Å²) in [5.74, 6) is -0.231. The summed E-state index contributed by atoms with van der Waals surface area (Å²) in [7, 11) is 0. The van der Waals surface area contributed by atoms with E-state index >= 15 is 0 Å². The van der Waals surface area contributed by atoms with Crippen molar-refractivity contribution >= 4 is 5.69 Å². The van der Waals surface area contributed by atoms with Gasteiger partial charge < -0.3 is 5.73 Å². The molecule has 0 fully saturated rings. The Labute approximate surface area is 116 Å². The highest BCUT2D eigenvalue weighted by Gasteiger charge is 2.03. The molecule has 0 radical (unpaired) electrons. The zero-order valence-electron chi connectivity index (χ0n) is 10.8. The van der Waals surface area contributed by atoms with E-state index in [0.29, 0.717) is 6.54 Å². The summed E-state index contributed by atoms with van der Waals surface area (Å²) < 4.78 is 14.9. The van der Waals surface area contributed by atoms with Crippen LogP contribution in [0.2, 0.25) is 0 Å². The zero-order valence-corrected chi connectivity index (χ0v) is 10.8. The van der Waals surface area contributed by atoms with Gasteiger partial charge in [-0.05, 0) is 35.4 Å². The molecule has 4 heteroatoms. The van der Waals surface area contributed by atoms with Crippen molar-refractivity contribution in [3.8, 4) is 11.1 Å². The van der Waals surface area contributed by atoms with E-state index < -0.39 is 0 Å². The van der Waals surface area contributed by atoms with Gasteiger partial charge in [0.05, 0.1) is 12.7 Å². The Hall–Kier alpha value is -2.62. The second-order valence-electron chi connectivity index (χ2n) is 4.68. The van der Waals surface area contributed by atoms with Crippen molar-refractivity contribution in [3.05, 3.63) is 72.3 Å². The molecule has 0 saturated carbocycles. The number of nitrogens with two attached hydrogens (primary N) is 1. The Morgan fingerprint density at radius 2 is 1.90 bits per heavy atom. The lowest BCUT2D eigenvalue weighted by atomic mass is 10.1. The van der Waals surface area contributed by atoms with Gasteiger partial charge in [0.15, 0.2) is 0 Å². The molecule has 0 amide bonds. The van der Waals surface area contributed by atoms with E-state index in [1.54, 1.807) is 16.9 Å². The van der Waals surface area contributed by atoms with E-state index in [0.717, 1.165) is 22.4 Å². The number of nitrogens with zero attached hydrogens (tertiary/aromatic N) is 2. The third-order valence-corrected chi connectivity index (χ3v) is 3.09. The molecule has 3 nitrogen and oxygen atoms in total. The van der Waals surface area contributed by atoms with Gasteiger partial charge >= 0.3 is 0 Å². The molecule has 100 valence electrons. The van der Waals surface area contributed by atoms with Crippen molar-refractivity contribution in [3.63, 3.8) is 0 Å². The number of halogens is 1. The molecular formula is C16H14FN3. The van der Waals surface area contributed by atoms with Gasteiger partial charge in [-0.15, -0.1) is 0 Å². The van der Waals surface area contributed by atoms with Crippen LogP contribution in [-0.4, -0.2) is 9.78 Å². The maximum absolute atomic E-state index is 13.1. The molecule has 3 rings (SSSR count). The summed E-state index contributed by atoms with van der Waals surface area (Å²) in [5, 5.41) is 4.30. The highest BCUT2D eigenvalue weighted by atomic mass is 19.1. The quantitative estimate of drug-likeness (QED) is 0.740. The minimum absolute atomic E-state index is 0.231. The molecule has 0 spiro atoms. The molecular weight excluding hydrogens is 253 g/mol. The summed E-state index contributed by atoms with van der Waals surface area (Å²) in [5.41, 5.74) is 9.40. The molecule has 1 heterocycles. The molecule has 20 heavy (non-hydrogen) atoms. The molecule has 0 bridgehead atoms. The number of benzene rings is 2. The first-order chi connectivity index (χ1) is 9.70. The maximum atomic E-state index is 13.1. The standard InChI is InChI=1S/C16H14FN3/c17-15-5-1-3-12(7-15)10-20-11-14(9-19-20)13-4-2-6-16(18)8-13/h1-9,11H,10,18H2. The highest BCUT2D eigenvalue weighted by molar-refractivity contribution is 5.65. The normalized spacial score (nSPS) is 10.7. The summed E-state index contributed by atoms with van der Waals surface area (Å²) in [6, 6.07) is 14.2. The van der Waals surface area contributed by atoms with E-state index in [1.807, 2.05) is 36.5 Å². The van der Waals surface area contributed by atoms with Crippen LogP contribution in [0.1, 0.15) is 5.56 Å². The number of nitrogen functional groups attached to an aromatic ring is 1. The van der Waals surface area contributed by atoms with Crippen LogP contribution < -0.4 is 5.73 Å². The topological polar surface area (TPSA) is 43.8 Å². The molecule has 0 aliphatic carbocycles. The average Bonchev–Trinajstić information content (AvgIpc) is 2.87. The number of anilines is 1. The predicted octanol–water partition coefficient (Wildman–Crippen LogP) is 3.32. The average molecular weight is 267 g/mol. The third-order valence-electron chi connectivity index (χ3n) is 3.09. The Kier molecular flexibility index (Phi) is 3.21. The van der Waals surface area contributed by atoms with Crippen LogP contribution in [0.25, 0.3) is 11.1 Å².